The lowest BCUT2D eigenvalue weighted by Crippen LogP contribution is -2.38. The topological polar surface area (TPSA) is 59.6 Å². The lowest BCUT2D eigenvalue weighted by molar-refractivity contribution is 0.0283. The van der Waals surface area contributed by atoms with Crippen LogP contribution in [0.25, 0.3) is 0 Å². The van der Waals surface area contributed by atoms with Gasteiger partial charge in [-0.1, -0.05) is 13.3 Å². The predicted octanol–water partition coefficient (Wildman–Crippen LogP) is 1.51. The second-order valence-electron chi connectivity index (χ2n) is 5.80. The van der Waals surface area contributed by atoms with Crippen LogP contribution in [-0.2, 0) is 4.74 Å². The molecule has 0 amide bonds. The average molecular weight is 239 g/mol. The molecule has 1 saturated heterocycles. The van der Waals surface area contributed by atoms with E-state index in [2.05, 4.69) is 17.2 Å². The van der Waals surface area contributed by atoms with Crippen molar-refractivity contribution >= 4 is 5.96 Å². The molecule has 4 heteroatoms. The molecule has 0 unspecified atom stereocenters. The van der Waals surface area contributed by atoms with Crippen LogP contribution in [0.2, 0.25) is 0 Å². The molecular weight excluding hydrogens is 214 g/mol. The van der Waals surface area contributed by atoms with Crippen molar-refractivity contribution in [1.29, 1.82) is 0 Å². The predicted molar refractivity (Wildman–Crippen MR) is 70.0 cm³/mol. The Morgan fingerprint density at radius 3 is 2.71 bits per heavy atom. The summed E-state index contributed by atoms with van der Waals surface area (Å²) >= 11 is 0. The molecule has 2 rings (SSSR count). The lowest BCUT2D eigenvalue weighted by atomic mass is 9.82. The van der Waals surface area contributed by atoms with E-state index < -0.39 is 0 Å². The van der Waals surface area contributed by atoms with Gasteiger partial charge in [0.2, 0.25) is 0 Å². The minimum absolute atomic E-state index is 0.279. The first kappa shape index (κ1) is 12.7. The molecule has 1 saturated carbocycles. The van der Waals surface area contributed by atoms with Crippen LogP contribution in [0.3, 0.4) is 0 Å². The maximum absolute atomic E-state index is 5.88. The van der Waals surface area contributed by atoms with Gasteiger partial charge in [0.05, 0.1) is 0 Å². The second kappa shape index (κ2) is 5.71. The number of hydrogen-bond acceptors (Lipinski definition) is 2. The highest BCUT2D eigenvalue weighted by Crippen LogP contribution is 2.29. The highest BCUT2D eigenvalue weighted by molar-refractivity contribution is 5.77. The molecule has 3 N–H and O–H groups in total. The maximum Gasteiger partial charge on any atom is 0.188 e. The summed E-state index contributed by atoms with van der Waals surface area (Å²) < 4.78 is 5.38. The van der Waals surface area contributed by atoms with E-state index in [0.717, 1.165) is 45.1 Å². The van der Waals surface area contributed by atoms with Crippen molar-refractivity contribution in [3.8, 4) is 0 Å². The minimum atomic E-state index is 0.279. The van der Waals surface area contributed by atoms with Crippen molar-refractivity contribution in [2.75, 3.05) is 26.3 Å². The summed E-state index contributed by atoms with van der Waals surface area (Å²) in [6.45, 7) is 5.82. The first-order chi connectivity index (χ1) is 8.18. The Kier molecular flexibility index (Phi) is 4.26. The molecule has 0 spiro atoms. The SMILES string of the molecule is CC1(CN=C(N)NCC2CCC2)CCOCC1. The molecule has 98 valence electrons. The molecule has 0 aromatic heterocycles. The van der Waals surface area contributed by atoms with Crippen LogP contribution >= 0.6 is 0 Å². The van der Waals surface area contributed by atoms with Crippen LogP contribution in [0.4, 0.5) is 0 Å². The van der Waals surface area contributed by atoms with E-state index in [1.807, 2.05) is 0 Å². The van der Waals surface area contributed by atoms with Gasteiger partial charge < -0.3 is 15.8 Å². The van der Waals surface area contributed by atoms with Gasteiger partial charge in [-0.2, -0.15) is 0 Å². The average Bonchev–Trinajstić information content (AvgIpc) is 2.26. The molecular formula is C13H25N3O. The number of nitrogens with two attached hydrogens (primary N) is 1. The van der Waals surface area contributed by atoms with Crippen LogP contribution in [-0.4, -0.2) is 32.3 Å². The van der Waals surface area contributed by atoms with E-state index in [-0.39, 0.29) is 5.41 Å². The first-order valence-corrected chi connectivity index (χ1v) is 6.79. The fraction of sp³-hybridized carbons (Fsp3) is 0.923. The van der Waals surface area contributed by atoms with Gasteiger partial charge in [0, 0.05) is 26.3 Å². The maximum atomic E-state index is 5.88. The Labute approximate surface area is 104 Å². The zero-order valence-corrected chi connectivity index (χ0v) is 10.9. The quantitative estimate of drug-likeness (QED) is 0.577. The fourth-order valence-corrected chi connectivity index (χ4v) is 2.30. The third-order valence-electron chi connectivity index (χ3n) is 4.13. The third-order valence-corrected chi connectivity index (χ3v) is 4.13. The number of rotatable bonds is 4. The molecule has 1 heterocycles. The summed E-state index contributed by atoms with van der Waals surface area (Å²) in [5.74, 6) is 1.44. The van der Waals surface area contributed by atoms with Crippen LogP contribution in [0.1, 0.15) is 39.0 Å². The summed E-state index contributed by atoms with van der Waals surface area (Å²) in [6, 6.07) is 0. The molecule has 17 heavy (non-hydrogen) atoms. The largest absolute Gasteiger partial charge is 0.381 e. The number of nitrogens with one attached hydrogen (secondary N) is 1. The fourth-order valence-electron chi connectivity index (χ4n) is 2.30. The highest BCUT2D eigenvalue weighted by atomic mass is 16.5. The van der Waals surface area contributed by atoms with Gasteiger partial charge in [-0.25, -0.2) is 0 Å². The van der Waals surface area contributed by atoms with Crippen molar-refractivity contribution < 1.29 is 4.74 Å². The van der Waals surface area contributed by atoms with Crippen LogP contribution in [0.5, 0.6) is 0 Å². The Balaban J connectivity index is 1.69. The van der Waals surface area contributed by atoms with Crippen molar-refractivity contribution in [2.45, 2.75) is 39.0 Å². The van der Waals surface area contributed by atoms with Crippen LogP contribution in [0, 0.1) is 11.3 Å². The molecule has 1 aliphatic heterocycles. The monoisotopic (exact) mass is 239 g/mol. The Morgan fingerprint density at radius 1 is 1.41 bits per heavy atom. The summed E-state index contributed by atoms with van der Waals surface area (Å²) in [5, 5.41) is 3.24. The normalized spacial score (nSPS) is 25.4. The van der Waals surface area contributed by atoms with E-state index in [0.29, 0.717) is 5.96 Å². The standard InChI is InChI=1S/C13H25N3O/c1-13(5-7-17-8-6-13)10-16-12(14)15-9-11-3-2-4-11/h11H,2-10H2,1H3,(H3,14,15,16). The first-order valence-electron chi connectivity index (χ1n) is 6.79. The Bertz CT molecular complexity index is 268. The molecule has 0 aromatic rings. The van der Waals surface area contributed by atoms with Gasteiger partial charge in [0.1, 0.15) is 0 Å². The van der Waals surface area contributed by atoms with Gasteiger partial charge in [0.15, 0.2) is 5.96 Å². The van der Waals surface area contributed by atoms with Crippen molar-refractivity contribution in [1.82, 2.24) is 5.32 Å². The number of aliphatic imine (C=N–C) groups is 1. The zero-order valence-electron chi connectivity index (χ0n) is 10.9. The number of guanidine groups is 1. The van der Waals surface area contributed by atoms with Crippen molar-refractivity contribution in [3.05, 3.63) is 0 Å². The summed E-state index contributed by atoms with van der Waals surface area (Å²) in [4.78, 5) is 4.48. The summed E-state index contributed by atoms with van der Waals surface area (Å²) in [7, 11) is 0. The molecule has 4 nitrogen and oxygen atoms in total. The van der Waals surface area contributed by atoms with E-state index in [4.69, 9.17) is 10.5 Å². The number of nitrogens with zero attached hydrogens (tertiary/aromatic N) is 1. The van der Waals surface area contributed by atoms with Gasteiger partial charge in [-0.15, -0.1) is 0 Å². The highest BCUT2D eigenvalue weighted by Gasteiger charge is 2.27. The third kappa shape index (κ3) is 3.87. The van der Waals surface area contributed by atoms with Gasteiger partial charge in [0.25, 0.3) is 0 Å². The second-order valence-corrected chi connectivity index (χ2v) is 5.80. The zero-order chi connectivity index (χ0) is 12.1. The molecule has 1 aliphatic carbocycles. The molecule has 0 aromatic carbocycles. The van der Waals surface area contributed by atoms with E-state index >= 15 is 0 Å². The Morgan fingerprint density at radius 2 is 2.12 bits per heavy atom. The summed E-state index contributed by atoms with van der Waals surface area (Å²) in [6.07, 6.45) is 6.24. The van der Waals surface area contributed by atoms with Crippen molar-refractivity contribution in [3.63, 3.8) is 0 Å². The van der Waals surface area contributed by atoms with Gasteiger partial charge in [-0.3, -0.25) is 4.99 Å². The lowest BCUT2D eigenvalue weighted by Gasteiger charge is -2.32. The molecule has 2 aliphatic rings. The number of ether oxygens (including phenoxy) is 1. The van der Waals surface area contributed by atoms with Gasteiger partial charge in [-0.05, 0) is 37.0 Å². The molecule has 0 atom stereocenters. The smallest absolute Gasteiger partial charge is 0.188 e. The Hall–Kier alpha value is -0.770. The van der Waals surface area contributed by atoms with Gasteiger partial charge >= 0.3 is 0 Å². The van der Waals surface area contributed by atoms with Crippen LogP contribution < -0.4 is 11.1 Å². The molecule has 2 fully saturated rings. The molecule has 0 radical (unpaired) electrons. The van der Waals surface area contributed by atoms with Crippen molar-refractivity contribution in [2.24, 2.45) is 22.1 Å². The van der Waals surface area contributed by atoms with E-state index in [1.54, 1.807) is 0 Å². The van der Waals surface area contributed by atoms with E-state index in [9.17, 15) is 0 Å². The van der Waals surface area contributed by atoms with Crippen LogP contribution in [0.15, 0.2) is 4.99 Å². The summed E-state index contributed by atoms with van der Waals surface area (Å²) in [5.41, 5.74) is 6.16. The molecule has 0 bridgehead atoms. The number of hydrogen-bond donors (Lipinski definition) is 2. The van der Waals surface area contributed by atoms with E-state index in [1.165, 1.54) is 19.3 Å². The minimum Gasteiger partial charge on any atom is -0.381 e.